The second-order valence-corrected chi connectivity index (χ2v) is 6.05. The fourth-order valence-corrected chi connectivity index (χ4v) is 3.15. The van der Waals surface area contributed by atoms with Gasteiger partial charge in [-0.25, -0.2) is 4.39 Å². The minimum absolute atomic E-state index is 0.171. The molecule has 1 fully saturated rings. The van der Waals surface area contributed by atoms with Crippen molar-refractivity contribution in [2.45, 2.75) is 12.5 Å². The van der Waals surface area contributed by atoms with Gasteiger partial charge in [0.2, 0.25) is 0 Å². The van der Waals surface area contributed by atoms with Gasteiger partial charge in [-0.3, -0.25) is 0 Å². The Labute approximate surface area is 129 Å². The average Bonchev–Trinajstić information content (AvgIpc) is 2.51. The van der Waals surface area contributed by atoms with Gasteiger partial charge in [0, 0.05) is 19.6 Å². The van der Waals surface area contributed by atoms with Gasteiger partial charge in [0.1, 0.15) is 5.82 Å². The number of halogens is 2. The fraction of sp³-hybridized carbons (Fsp3) is 0.294. The molecule has 0 saturated carbocycles. The molecule has 0 bridgehead atoms. The third-order valence-electron chi connectivity index (χ3n) is 4.06. The van der Waals surface area contributed by atoms with E-state index < -0.39 is 0 Å². The van der Waals surface area contributed by atoms with E-state index in [1.165, 1.54) is 17.7 Å². The summed E-state index contributed by atoms with van der Waals surface area (Å²) in [7, 11) is 0. The summed E-state index contributed by atoms with van der Waals surface area (Å²) in [6.45, 7) is 4.56. The van der Waals surface area contributed by atoms with Crippen LogP contribution in [0.15, 0.2) is 48.5 Å². The van der Waals surface area contributed by atoms with E-state index in [1.807, 2.05) is 18.2 Å². The Morgan fingerprint density at radius 2 is 1.95 bits per heavy atom. The molecule has 3 rings (SSSR count). The monoisotopic (exact) mass is 304 g/mol. The summed E-state index contributed by atoms with van der Waals surface area (Å²) < 4.78 is 13.5. The van der Waals surface area contributed by atoms with Crippen molar-refractivity contribution in [2.75, 3.05) is 24.5 Å². The third-order valence-corrected chi connectivity index (χ3v) is 4.38. The molecule has 1 aliphatic heterocycles. The number of nitrogens with one attached hydrogen (secondary N) is 1. The number of piperazine rings is 1. The van der Waals surface area contributed by atoms with Crippen LogP contribution in [0.2, 0.25) is 5.02 Å². The number of hydrogen-bond acceptors (Lipinski definition) is 2. The summed E-state index contributed by atoms with van der Waals surface area (Å²) in [6, 6.07) is 14.8. The maximum atomic E-state index is 13.5. The molecular weight excluding hydrogens is 287 g/mol. The van der Waals surface area contributed by atoms with E-state index >= 15 is 0 Å². The quantitative estimate of drug-likeness (QED) is 0.908. The highest BCUT2D eigenvalue weighted by molar-refractivity contribution is 6.33. The largest absolute Gasteiger partial charge is 0.367 e. The lowest BCUT2D eigenvalue weighted by atomic mass is 9.89. The molecule has 1 heterocycles. The predicted molar refractivity (Wildman–Crippen MR) is 85.4 cm³/mol. The van der Waals surface area contributed by atoms with Crippen molar-refractivity contribution < 1.29 is 4.39 Å². The summed E-state index contributed by atoms with van der Waals surface area (Å²) in [5.41, 5.74) is 1.82. The Morgan fingerprint density at radius 3 is 2.71 bits per heavy atom. The van der Waals surface area contributed by atoms with Crippen LogP contribution in [0, 0.1) is 5.82 Å². The van der Waals surface area contributed by atoms with Crippen LogP contribution in [0.4, 0.5) is 10.1 Å². The Balaban J connectivity index is 1.91. The van der Waals surface area contributed by atoms with Gasteiger partial charge < -0.3 is 10.2 Å². The maximum absolute atomic E-state index is 13.5. The van der Waals surface area contributed by atoms with Crippen molar-refractivity contribution in [1.29, 1.82) is 0 Å². The zero-order chi connectivity index (χ0) is 14.9. The molecule has 4 heteroatoms. The highest BCUT2D eigenvalue weighted by atomic mass is 35.5. The van der Waals surface area contributed by atoms with Gasteiger partial charge in [0.15, 0.2) is 0 Å². The van der Waals surface area contributed by atoms with Crippen molar-refractivity contribution in [3.63, 3.8) is 0 Å². The first-order valence-corrected chi connectivity index (χ1v) is 7.47. The molecule has 2 nitrogen and oxygen atoms in total. The van der Waals surface area contributed by atoms with Crippen LogP contribution in [0.1, 0.15) is 12.5 Å². The van der Waals surface area contributed by atoms with Crippen molar-refractivity contribution in [2.24, 2.45) is 0 Å². The van der Waals surface area contributed by atoms with Crippen LogP contribution in [0.3, 0.4) is 0 Å². The summed E-state index contributed by atoms with van der Waals surface area (Å²) >= 11 is 6.24. The molecule has 1 N–H and O–H groups in total. The maximum Gasteiger partial charge on any atom is 0.125 e. The van der Waals surface area contributed by atoms with E-state index in [-0.39, 0.29) is 11.4 Å². The summed E-state index contributed by atoms with van der Waals surface area (Å²) in [5, 5.41) is 4.16. The lowest BCUT2D eigenvalue weighted by molar-refractivity contribution is 0.332. The molecule has 1 aliphatic rings. The zero-order valence-corrected chi connectivity index (χ0v) is 12.7. The topological polar surface area (TPSA) is 15.3 Å². The minimum Gasteiger partial charge on any atom is -0.367 e. The van der Waals surface area contributed by atoms with E-state index in [2.05, 4.69) is 29.3 Å². The molecule has 0 amide bonds. The SMILES string of the molecule is CC1(c2ccccc2)CN(c2cc(F)ccc2Cl)CCN1. The summed E-state index contributed by atoms with van der Waals surface area (Å²) in [4.78, 5) is 2.15. The second kappa shape index (κ2) is 5.66. The molecule has 1 unspecified atom stereocenters. The van der Waals surface area contributed by atoms with E-state index in [1.54, 1.807) is 6.07 Å². The molecule has 0 aromatic heterocycles. The van der Waals surface area contributed by atoms with Gasteiger partial charge in [-0.1, -0.05) is 41.9 Å². The predicted octanol–water partition coefficient (Wildman–Crippen LogP) is 3.80. The first-order chi connectivity index (χ1) is 10.1. The zero-order valence-electron chi connectivity index (χ0n) is 11.9. The number of nitrogens with zero attached hydrogens (tertiary/aromatic N) is 1. The first kappa shape index (κ1) is 14.4. The molecule has 0 spiro atoms. The van der Waals surface area contributed by atoms with Gasteiger partial charge in [-0.15, -0.1) is 0 Å². The Hall–Kier alpha value is -1.58. The van der Waals surface area contributed by atoms with Crippen LogP contribution < -0.4 is 10.2 Å². The van der Waals surface area contributed by atoms with Crippen LogP contribution in [-0.4, -0.2) is 19.6 Å². The Bertz CT molecular complexity index is 632. The van der Waals surface area contributed by atoms with Gasteiger partial charge in [0.05, 0.1) is 16.2 Å². The fourth-order valence-electron chi connectivity index (χ4n) is 2.92. The second-order valence-electron chi connectivity index (χ2n) is 5.64. The van der Waals surface area contributed by atoms with Crippen LogP contribution in [0.5, 0.6) is 0 Å². The molecule has 0 radical (unpaired) electrons. The van der Waals surface area contributed by atoms with Gasteiger partial charge in [-0.2, -0.15) is 0 Å². The Morgan fingerprint density at radius 1 is 1.19 bits per heavy atom. The van der Waals surface area contributed by atoms with Gasteiger partial charge in [0.25, 0.3) is 0 Å². The van der Waals surface area contributed by atoms with Crippen LogP contribution in [0.25, 0.3) is 0 Å². The molecule has 2 aromatic rings. The molecule has 1 saturated heterocycles. The van der Waals surface area contributed by atoms with Crippen molar-refractivity contribution in [3.8, 4) is 0 Å². The number of anilines is 1. The molecule has 110 valence electrons. The van der Waals surface area contributed by atoms with Crippen LogP contribution >= 0.6 is 11.6 Å². The first-order valence-electron chi connectivity index (χ1n) is 7.09. The van der Waals surface area contributed by atoms with Gasteiger partial charge in [-0.05, 0) is 30.7 Å². The minimum atomic E-state index is -0.255. The lowest BCUT2D eigenvalue weighted by Crippen LogP contribution is -2.56. The number of hydrogen-bond donors (Lipinski definition) is 1. The lowest BCUT2D eigenvalue weighted by Gasteiger charge is -2.43. The van der Waals surface area contributed by atoms with E-state index in [0.29, 0.717) is 5.02 Å². The molecular formula is C17H18ClFN2. The van der Waals surface area contributed by atoms with Crippen molar-refractivity contribution in [3.05, 3.63) is 64.9 Å². The summed E-state index contributed by atoms with van der Waals surface area (Å²) in [6.07, 6.45) is 0. The number of benzene rings is 2. The summed E-state index contributed by atoms with van der Waals surface area (Å²) in [5.74, 6) is -0.255. The van der Waals surface area contributed by atoms with E-state index in [9.17, 15) is 4.39 Å². The van der Waals surface area contributed by atoms with Crippen molar-refractivity contribution >= 4 is 17.3 Å². The standard InChI is InChI=1S/C17H18ClFN2/c1-17(13-5-3-2-4-6-13)12-21(10-9-20-17)16-11-14(19)7-8-15(16)18/h2-8,11,20H,9-10,12H2,1H3. The third kappa shape index (κ3) is 2.89. The number of rotatable bonds is 2. The van der Waals surface area contributed by atoms with E-state index in [0.717, 1.165) is 25.3 Å². The van der Waals surface area contributed by atoms with Crippen molar-refractivity contribution in [1.82, 2.24) is 5.32 Å². The van der Waals surface area contributed by atoms with Gasteiger partial charge >= 0.3 is 0 Å². The smallest absolute Gasteiger partial charge is 0.125 e. The highest BCUT2D eigenvalue weighted by Crippen LogP contribution is 2.32. The Kier molecular flexibility index (Phi) is 3.87. The van der Waals surface area contributed by atoms with Crippen LogP contribution in [-0.2, 0) is 5.54 Å². The molecule has 21 heavy (non-hydrogen) atoms. The molecule has 2 aromatic carbocycles. The normalized spacial score (nSPS) is 22.3. The highest BCUT2D eigenvalue weighted by Gasteiger charge is 2.32. The molecule has 0 aliphatic carbocycles. The molecule has 1 atom stereocenters. The average molecular weight is 305 g/mol. The van der Waals surface area contributed by atoms with E-state index in [4.69, 9.17) is 11.6 Å².